The molecule has 4 nitrogen and oxygen atoms in total. The van der Waals surface area contributed by atoms with E-state index in [0.29, 0.717) is 0 Å². The first-order chi connectivity index (χ1) is 8.58. The van der Waals surface area contributed by atoms with Crippen LogP contribution in [0.4, 0.5) is 0 Å². The minimum Gasteiger partial charge on any atom is -0.460 e. The zero-order valence-electron chi connectivity index (χ0n) is 10.5. The maximum Gasteiger partial charge on any atom is 0.331 e. The van der Waals surface area contributed by atoms with Gasteiger partial charge in [0, 0.05) is 12.2 Å². The second kappa shape index (κ2) is 7.27. The summed E-state index contributed by atoms with van der Waals surface area (Å²) in [6.45, 7) is 3.65. The summed E-state index contributed by atoms with van der Waals surface area (Å²) in [4.78, 5) is 22.4. The molecule has 0 amide bonds. The second-order valence-corrected chi connectivity index (χ2v) is 3.91. The van der Waals surface area contributed by atoms with Crippen molar-refractivity contribution < 1.29 is 19.1 Å². The molecule has 0 aliphatic heterocycles. The number of benzene rings is 1. The van der Waals surface area contributed by atoms with Crippen molar-refractivity contribution in [1.29, 1.82) is 0 Å². The monoisotopic (exact) mass is 248 g/mol. The summed E-state index contributed by atoms with van der Waals surface area (Å²) in [5, 5.41) is 0. The van der Waals surface area contributed by atoms with E-state index < -0.39 is 11.9 Å². The Labute approximate surface area is 106 Å². The third kappa shape index (κ3) is 5.84. The minimum absolute atomic E-state index is 0.184. The van der Waals surface area contributed by atoms with Crippen LogP contribution in [0.25, 0.3) is 0 Å². The minimum atomic E-state index is -0.570. The Hall–Kier alpha value is -2.10. The number of hydrogen-bond acceptors (Lipinski definition) is 4. The average Bonchev–Trinajstić information content (AvgIpc) is 2.34. The highest BCUT2D eigenvalue weighted by Crippen LogP contribution is 2.01. The Balaban J connectivity index is 2.34. The Kier molecular flexibility index (Phi) is 5.64. The summed E-state index contributed by atoms with van der Waals surface area (Å²) >= 11 is 0. The molecular formula is C14H16O4. The molecule has 1 aromatic carbocycles. The number of ether oxygens (including phenoxy) is 2. The van der Waals surface area contributed by atoms with E-state index in [1.165, 1.54) is 0 Å². The molecule has 0 aliphatic rings. The van der Waals surface area contributed by atoms with Crippen LogP contribution in [-0.2, 0) is 25.7 Å². The van der Waals surface area contributed by atoms with Crippen molar-refractivity contribution in [3.05, 3.63) is 48.0 Å². The summed E-state index contributed by atoms with van der Waals surface area (Å²) in [6, 6.07) is 9.30. The van der Waals surface area contributed by atoms with Gasteiger partial charge in [0.2, 0.25) is 0 Å². The summed E-state index contributed by atoms with van der Waals surface area (Å²) in [7, 11) is 0. The normalized spacial score (nSPS) is 10.6. The van der Waals surface area contributed by atoms with Crippen LogP contribution in [0, 0.1) is 0 Å². The van der Waals surface area contributed by atoms with Crippen LogP contribution in [0.5, 0.6) is 0 Å². The molecule has 1 aromatic rings. The van der Waals surface area contributed by atoms with Gasteiger partial charge in [0.1, 0.15) is 6.61 Å². The molecule has 0 N–H and O–H groups in total. The standard InChI is InChI=1S/C14H16O4/c1-11(2)18-14(16)9-8-13(15)17-10-12-6-4-3-5-7-12/h3-9,11H,10H2,1-2H3/b9-8+. The molecule has 0 spiro atoms. The summed E-state index contributed by atoms with van der Waals surface area (Å²) in [5.41, 5.74) is 0.893. The van der Waals surface area contributed by atoms with Gasteiger partial charge in [-0.1, -0.05) is 30.3 Å². The number of rotatable bonds is 5. The van der Waals surface area contributed by atoms with E-state index in [9.17, 15) is 9.59 Å². The lowest BCUT2D eigenvalue weighted by Crippen LogP contribution is -2.09. The van der Waals surface area contributed by atoms with Crippen LogP contribution in [0.3, 0.4) is 0 Å². The van der Waals surface area contributed by atoms with Crippen LogP contribution in [0.1, 0.15) is 19.4 Å². The molecule has 96 valence electrons. The van der Waals surface area contributed by atoms with Crippen molar-refractivity contribution in [1.82, 2.24) is 0 Å². The lowest BCUT2D eigenvalue weighted by Gasteiger charge is -2.04. The van der Waals surface area contributed by atoms with Crippen LogP contribution < -0.4 is 0 Å². The largest absolute Gasteiger partial charge is 0.460 e. The lowest BCUT2D eigenvalue weighted by molar-refractivity contribution is -0.143. The fraction of sp³-hybridized carbons (Fsp3) is 0.286. The molecule has 1 rings (SSSR count). The van der Waals surface area contributed by atoms with Crippen molar-refractivity contribution in [2.45, 2.75) is 26.6 Å². The molecule has 0 aliphatic carbocycles. The van der Waals surface area contributed by atoms with E-state index in [4.69, 9.17) is 9.47 Å². The van der Waals surface area contributed by atoms with Gasteiger partial charge in [-0.2, -0.15) is 0 Å². The maximum atomic E-state index is 11.3. The van der Waals surface area contributed by atoms with Gasteiger partial charge in [0.25, 0.3) is 0 Å². The van der Waals surface area contributed by atoms with Gasteiger partial charge in [-0.15, -0.1) is 0 Å². The molecule has 0 radical (unpaired) electrons. The van der Waals surface area contributed by atoms with Crippen molar-refractivity contribution in [3.63, 3.8) is 0 Å². The fourth-order valence-electron chi connectivity index (χ4n) is 1.18. The third-order valence-electron chi connectivity index (χ3n) is 1.93. The lowest BCUT2D eigenvalue weighted by atomic mass is 10.2. The molecule has 0 heterocycles. The first-order valence-electron chi connectivity index (χ1n) is 5.67. The van der Waals surface area contributed by atoms with Crippen LogP contribution >= 0.6 is 0 Å². The molecule has 0 aromatic heterocycles. The Morgan fingerprint density at radius 1 is 1.11 bits per heavy atom. The van der Waals surface area contributed by atoms with Crippen LogP contribution in [0.2, 0.25) is 0 Å². The van der Waals surface area contributed by atoms with Gasteiger partial charge in [0.05, 0.1) is 6.10 Å². The third-order valence-corrected chi connectivity index (χ3v) is 1.93. The Morgan fingerprint density at radius 2 is 1.72 bits per heavy atom. The van der Waals surface area contributed by atoms with Crippen molar-refractivity contribution in [2.75, 3.05) is 0 Å². The van der Waals surface area contributed by atoms with Crippen molar-refractivity contribution in [2.24, 2.45) is 0 Å². The highest BCUT2D eigenvalue weighted by atomic mass is 16.5. The molecule has 0 fully saturated rings. The van der Waals surface area contributed by atoms with E-state index in [1.54, 1.807) is 13.8 Å². The van der Waals surface area contributed by atoms with Crippen molar-refractivity contribution >= 4 is 11.9 Å². The van der Waals surface area contributed by atoms with Gasteiger partial charge in [-0.05, 0) is 19.4 Å². The quantitative estimate of drug-likeness (QED) is 0.592. The van der Waals surface area contributed by atoms with E-state index >= 15 is 0 Å². The van der Waals surface area contributed by atoms with E-state index in [1.807, 2.05) is 30.3 Å². The predicted molar refractivity (Wildman–Crippen MR) is 66.6 cm³/mol. The van der Waals surface area contributed by atoms with E-state index in [0.717, 1.165) is 17.7 Å². The second-order valence-electron chi connectivity index (χ2n) is 3.91. The Bertz CT molecular complexity index is 421. The molecule has 4 heteroatoms. The van der Waals surface area contributed by atoms with Crippen LogP contribution in [-0.4, -0.2) is 18.0 Å². The van der Waals surface area contributed by atoms with E-state index in [-0.39, 0.29) is 12.7 Å². The molecule has 18 heavy (non-hydrogen) atoms. The zero-order chi connectivity index (χ0) is 13.4. The fourth-order valence-corrected chi connectivity index (χ4v) is 1.18. The zero-order valence-corrected chi connectivity index (χ0v) is 10.5. The summed E-state index contributed by atoms with van der Waals surface area (Å²) in [5.74, 6) is -1.12. The molecule has 0 atom stereocenters. The van der Waals surface area contributed by atoms with Gasteiger partial charge in [0.15, 0.2) is 0 Å². The predicted octanol–water partition coefficient (Wildman–Crippen LogP) is 2.24. The number of carbonyl (C=O) groups is 2. The number of carbonyl (C=O) groups excluding carboxylic acids is 2. The molecular weight excluding hydrogens is 232 g/mol. The highest BCUT2D eigenvalue weighted by Gasteiger charge is 2.03. The van der Waals surface area contributed by atoms with E-state index in [2.05, 4.69) is 0 Å². The highest BCUT2D eigenvalue weighted by molar-refractivity contribution is 5.91. The average molecular weight is 248 g/mol. The molecule has 0 saturated carbocycles. The first-order valence-corrected chi connectivity index (χ1v) is 5.67. The first kappa shape index (κ1) is 14.0. The maximum absolute atomic E-state index is 11.3. The van der Waals surface area contributed by atoms with Gasteiger partial charge in [-0.3, -0.25) is 0 Å². The number of esters is 2. The van der Waals surface area contributed by atoms with Gasteiger partial charge < -0.3 is 9.47 Å². The van der Waals surface area contributed by atoms with Gasteiger partial charge >= 0.3 is 11.9 Å². The molecule has 0 saturated heterocycles. The smallest absolute Gasteiger partial charge is 0.331 e. The topological polar surface area (TPSA) is 52.6 Å². The molecule has 0 unspecified atom stereocenters. The summed E-state index contributed by atoms with van der Waals surface area (Å²) < 4.78 is 9.78. The van der Waals surface area contributed by atoms with Gasteiger partial charge in [-0.25, -0.2) is 9.59 Å². The molecule has 0 bridgehead atoms. The SMILES string of the molecule is CC(C)OC(=O)/C=C/C(=O)OCc1ccccc1. The van der Waals surface area contributed by atoms with Crippen molar-refractivity contribution in [3.8, 4) is 0 Å². The Morgan fingerprint density at radius 3 is 2.33 bits per heavy atom. The van der Waals surface area contributed by atoms with Crippen LogP contribution in [0.15, 0.2) is 42.5 Å². The number of hydrogen-bond donors (Lipinski definition) is 0. The summed E-state index contributed by atoms with van der Waals surface area (Å²) in [6.07, 6.45) is 1.92.